The Labute approximate surface area is 173 Å². The molecule has 2 fully saturated rings. The Hall–Kier alpha value is -2.71. The number of halogens is 2. The van der Waals surface area contributed by atoms with E-state index in [0.29, 0.717) is 0 Å². The predicted molar refractivity (Wildman–Crippen MR) is 103 cm³/mol. The number of alkyl halides is 2. The summed E-state index contributed by atoms with van der Waals surface area (Å²) in [5, 5.41) is 3.72. The van der Waals surface area contributed by atoms with Gasteiger partial charge in [0.1, 0.15) is 12.2 Å². The molecule has 1 aromatic heterocycles. The third-order valence-electron chi connectivity index (χ3n) is 5.80. The number of hydrogen-bond acceptors (Lipinski definition) is 6. The number of amides is 1. The Bertz CT molecular complexity index is 902. The predicted octanol–water partition coefficient (Wildman–Crippen LogP) is 4.40. The largest absolute Gasteiger partial charge is 0.461 e. The van der Waals surface area contributed by atoms with Gasteiger partial charge in [0.05, 0.1) is 5.92 Å². The zero-order chi connectivity index (χ0) is 21.6. The molecule has 1 atom stereocenters. The van der Waals surface area contributed by atoms with Crippen molar-refractivity contribution in [3.63, 3.8) is 0 Å². The molecule has 9 heteroatoms. The maximum absolute atomic E-state index is 14.6. The van der Waals surface area contributed by atoms with Gasteiger partial charge in [0.2, 0.25) is 0 Å². The Morgan fingerprint density at radius 2 is 1.90 bits per heavy atom. The van der Waals surface area contributed by atoms with Gasteiger partial charge in [-0.1, -0.05) is 18.2 Å². The Morgan fingerprint density at radius 1 is 1.23 bits per heavy atom. The first kappa shape index (κ1) is 20.6. The minimum Gasteiger partial charge on any atom is -0.461 e. The van der Waals surface area contributed by atoms with Crippen molar-refractivity contribution >= 4 is 6.09 Å². The summed E-state index contributed by atoms with van der Waals surface area (Å²) in [5.41, 5.74) is -1.05. The summed E-state index contributed by atoms with van der Waals surface area (Å²) in [6.45, 7) is 5.61. The highest BCUT2D eigenvalue weighted by Crippen LogP contribution is 2.70. The van der Waals surface area contributed by atoms with Gasteiger partial charge >= 0.3 is 12.1 Å². The maximum Gasteiger partial charge on any atom is 0.410 e. The van der Waals surface area contributed by atoms with E-state index in [9.17, 15) is 13.6 Å². The molecule has 1 spiro atoms. The van der Waals surface area contributed by atoms with E-state index in [1.54, 1.807) is 32.9 Å². The van der Waals surface area contributed by atoms with E-state index < -0.39 is 28.9 Å². The summed E-state index contributed by atoms with van der Waals surface area (Å²) >= 11 is 0. The SMILES string of the molecule is CC(C)(C)OC(=O)N1CCC2(CC1)C(COc1noc(-c3ccccc3)n1)C2(F)F. The highest BCUT2D eigenvalue weighted by molar-refractivity contribution is 5.68. The number of hydrogen-bond donors (Lipinski definition) is 0. The van der Waals surface area contributed by atoms with E-state index >= 15 is 0 Å². The summed E-state index contributed by atoms with van der Waals surface area (Å²) in [7, 11) is 0. The molecule has 1 unspecified atom stereocenters. The fourth-order valence-corrected chi connectivity index (χ4v) is 4.08. The van der Waals surface area contributed by atoms with E-state index in [-0.39, 0.29) is 44.4 Å². The zero-order valence-corrected chi connectivity index (χ0v) is 17.2. The second kappa shape index (κ2) is 7.21. The van der Waals surface area contributed by atoms with Crippen LogP contribution in [-0.4, -0.2) is 52.4 Å². The average Bonchev–Trinajstić information content (AvgIpc) is 3.01. The standard InChI is InChI=1S/C21H25F2N3O4/c1-19(2,3)29-18(27)26-11-9-20(10-12-26)15(21(20,22)23)13-28-17-24-16(30-25-17)14-7-5-4-6-8-14/h4-8,15H,9-13H2,1-3H3. The van der Waals surface area contributed by atoms with Crippen LogP contribution in [0.4, 0.5) is 13.6 Å². The van der Waals surface area contributed by atoms with Crippen LogP contribution in [0.3, 0.4) is 0 Å². The summed E-state index contributed by atoms with van der Waals surface area (Å²) in [6, 6.07) is 9.08. The van der Waals surface area contributed by atoms with Crippen molar-refractivity contribution in [2.45, 2.75) is 45.1 Å². The highest BCUT2D eigenvalue weighted by atomic mass is 19.3. The monoisotopic (exact) mass is 421 g/mol. The number of benzene rings is 1. The lowest BCUT2D eigenvalue weighted by Crippen LogP contribution is -2.43. The minimum atomic E-state index is -2.85. The summed E-state index contributed by atoms with van der Waals surface area (Å²) < 4.78 is 45.2. The van der Waals surface area contributed by atoms with Crippen LogP contribution in [-0.2, 0) is 4.74 Å². The van der Waals surface area contributed by atoms with Crippen molar-refractivity contribution in [3.05, 3.63) is 30.3 Å². The first-order valence-electron chi connectivity index (χ1n) is 10.0. The summed E-state index contributed by atoms with van der Waals surface area (Å²) in [5.74, 6) is -3.52. The van der Waals surface area contributed by atoms with Crippen molar-refractivity contribution in [3.8, 4) is 17.5 Å². The van der Waals surface area contributed by atoms with Crippen LogP contribution >= 0.6 is 0 Å². The van der Waals surface area contributed by atoms with Gasteiger partial charge in [-0.15, -0.1) is 0 Å². The number of carbonyl (C=O) groups is 1. The fraction of sp³-hybridized carbons (Fsp3) is 0.571. The molecule has 0 radical (unpaired) electrons. The molecule has 1 saturated heterocycles. The smallest absolute Gasteiger partial charge is 0.410 e. The van der Waals surface area contributed by atoms with Crippen LogP contribution < -0.4 is 4.74 Å². The topological polar surface area (TPSA) is 77.7 Å². The molecule has 30 heavy (non-hydrogen) atoms. The van der Waals surface area contributed by atoms with Crippen molar-refractivity contribution < 1.29 is 27.6 Å². The van der Waals surface area contributed by atoms with Gasteiger partial charge in [-0.25, -0.2) is 13.6 Å². The summed E-state index contributed by atoms with van der Waals surface area (Å²) in [6.07, 6.45) is -0.0573. The fourth-order valence-electron chi connectivity index (χ4n) is 4.08. The van der Waals surface area contributed by atoms with Crippen LogP contribution in [0, 0.1) is 11.3 Å². The highest BCUT2D eigenvalue weighted by Gasteiger charge is 2.80. The van der Waals surface area contributed by atoms with Gasteiger partial charge in [-0.3, -0.25) is 0 Å². The lowest BCUT2D eigenvalue weighted by Gasteiger charge is -2.34. The third-order valence-corrected chi connectivity index (χ3v) is 5.80. The number of rotatable bonds is 4. The second-order valence-corrected chi connectivity index (χ2v) is 8.86. The molecule has 1 aliphatic carbocycles. The van der Waals surface area contributed by atoms with Crippen LogP contribution in [0.15, 0.2) is 34.9 Å². The zero-order valence-electron chi connectivity index (χ0n) is 17.2. The second-order valence-electron chi connectivity index (χ2n) is 8.86. The van der Waals surface area contributed by atoms with Gasteiger partial charge < -0.3 is 18.9 Å². The molecule has 1 aliphatic heterocycles. The molecular formula is C21H25F2N3O4. The van der Waals surface area contributed by atoms with Crippen molar-refractivity contribution in [1.82, 2.24) is 15.0 Å². The average molecular weight is 421 g/mol. The molecule has 0 bridgehead atoms. The van der Waals surface area contributed by atoms with E-state index in [1.807, 2.05) is 18.2 Å². The van der Waals surface area contributed by atoms with Crippen LogP contribution in [0.1, 0.15) is 33.6 Å². The molecule has 0 N–H and O–H groups in total. The molecule has 1 amide bonds. The van der Waals surface area contributed by atoms with Gasteiger partial charge in [0.15, 0.2) is 0 Å². The number of carbonyl (C=O) groups excluding carboxylic acids is 1. The first-order valence-corrected chi connectivity index (χ1v) is 10.0. The number of ether oxygens (including phenoxy) is 2. The number of likely N-dealkylation sites (tertiary alicyclic amines) is 1. The normalized spacial score (nSPS) is 22.0. The lowest BCUT2D eigenvalue weighted by atomic mass is 9.90. The van der Waals surface area contributed by atoms with Gasteiger partial charge in [0.25, 0.3) is 11.8 Å². The Kier molecular flexibility index (Phi) is 4.94. The first-order chi connectivity index (χ1) is 14.1. The van der Waals surface area contributed by atoms with E-state index in [2.05, 4.69) is 10.1 Å². The molecule has 162 valence electrons. The van der Waals surface area contributed by atoms with Gasteiger partial charge in [-0.05, 0) is 50.9 Å². The Morgan fingerprint density at radius 3 is 2.53 bits per heavy atom. The number of piperidine rings is 1. The minimum absolute atomic E-state index is 0.0575. The third kappa shape index (κ3) is 3.73. The molecule has 2 aromatic rings. The van der Waals surface area contributed by atoms with Crippen LogP contribution in [0.5, 0.6) is 6.01 Å². The number of nitrogens with zero attached hydrogens (tertiary/aromatic N) is 3. The molecule has 2 heterocycles. The lowest BCUT2D eigenvalue weighted by molar-refractivity contribution is 0.000930. The molecule has 4 rings (SSSR count). The van der Waals surface area contributed by atoms with Crippen molar-refractivity contribution in [2.75, 3.05) is 19.7 Å². The number of aromatic nitrogens is 2. The Balaban J connectivity index is 1.33. The summed E-state index contributed by atoms with van der Waals surface area (Å²) in [4.78, 5) is 17.8. The molecule has 1 aromatic carbocycles. The maximum atomic E-state index is 14.6. The molecule has 1 saturated carbocycles. The van der Waals surface area contributed by atoms with Crippen LogP contribution in [0.2, 0.25) is 0 Å². The quantitative estimate of drug-likeness (QED) is 0.728. The van der Waals surface area contributed by atoms with Gasteiger partial charge in [0, 0.05) is 24.1 Å². The van der Waals surface area contributed by atoms with E-state index in [0.717, 1.165) is 5.56 Å². The van der Waals surface area contributed by atoms with Crippen molar-refractivity contribution in [1.29, 1.82) is 0 Å². The van der Waals surface area contributed by atoms with E-state index in [1.165, 1.54) is 4.90 Å². The van der Waals surface area contributed by atoms with Crippen molar-refractivity contribution in [2.24, 2.45) is 11.3 Å². The molecule has 7 nitrogen and oxygen atoms in total. The van der Waals surface area contributed by atoms with Crippen LogP contribution in [0.25, 0.3) is 11.5 Å². The van der Waals surface area contributed by atoms with Gasteiger partial charge in [-0.2, -0.15) is 4.98 Å². The van der Waals surface area contributed by atoms with E-state index in [4.69, 9.17) is 14.0 Å². The molecule has 2 aliphatic rings. The molecular weight excluding hydrogens is 396 g/mol.